The molecule has 6 heteroatoms. The van der Waals surface area contributed by atoms with Crippen LogP contribution in [0.3, 0.4) is 0 Å². The molecule has 1 aromatic rings. The summed E-state index contributed by atoms with van der Waals surface area (Å²) in [6, 6.07) is 9.49. The molecule has 0 saturated carbocycles. The van der Waals surface area contributed by atoms with Gasteiger partial charge in [-0.3, -0.25) is 9.59 Å². The molecule has 1 heterocycles. The highest BCUT2D eigenvalue weighted by Crippen LogP contribution is 2.20. The predicted molar refractivity (Wildman–Crippen MR) is 90.5 cm³/mol. The Morgan fingerprint density at radius 3 is 2.38 bits per heavy atom. The fourth-order valence-corrected chi connectivity index (χ4v) is 2.91. The molecule has 1 aromatic carbocycles. The fraction of sp³-hybridized carbons (Fsp3) is 0.556. The van der Waals surface area contributed by atoms with Gasteiger partial charge in [-0.2, -0.15) is 0 Å². The highest BCUT2D eigenvalue weighted by atomic mass is 16.5. The van der Waals surface area contributed by atoms with Crippen molar-refractivity contribution in [3.05, 3.63) is 35.9 Å². The lowest BCUT2D eigenvalue weighted by atomic mass is 10.1. The minimum absolute atomic E-state index is 0.0464. The standard InChI is InChI=1S/C18H26N2O4/c1-23-14-9-16(21)19-10-6-11-20(13-12-19)18(22)17(24-2)15-7-4-3-5-8-15/h3-5,7-8,17H,6,9-14H2,1-2H3/t17-/m1/s1. The first kappa shape index (κ1) is 18.4. The summed E-state index contributed by atoms with van der Waals surface area (Å²) in [6.45, 7) is 2.83. The van der Waals surface area contributed by atoms with E-state index in [0.717, 1.165) is 12.0 Å². The monoisotopic (exact) mass is 334 g/mol. The van der Waals surface area contributed by atoms with Crippen LogP contribution in [0.4, 0.5) is 0 Å². The maximum atomic E-state index is 12.8. The molecule has 1 aliphatic heterocycles. The number of nitrogens with zero attached hydrogens (tertiary/aromatic N) is 2. The maximum absolute atomic E-state index is 12.8. The number of hydrogen-bond donors (Lipinski definition) is 0. The van der Waals surface area contributed by atoms with Gasteiger partial charge in [-0.15, -0.1) is 0 Å². The molecule has 1 fully saturated rings. The number of methoxy groups -OCH3 is 2. The van der Waals surface area contributed by atoms with Gasteiger partial charge in [0.1, 0.15) is 0 Å². The normalized spacial score (nSPS) is 16.6. The van der Waals surface area contributed by atoms with E-state index >= 15 is 0 Å². The molecule has 1 saturated heterocycles. The molecule has 132 valence electrons. The van der Waals surface area contributed by atoms with Crippen molar-refractivity contribution >= 4 is 11.8 Å². The van der Waals surface area contributed by atoms with E-state index in [4.69, 9.17) is 9.47 Å². The van der Waals surface area contributed by atoms with Crippen molar-refractivity contribution < 1.29 is 19.1 Å². The Balaban J connectivity index is 1.97. The lowest BCUT2D eigenvalue weighted by Gasteiger charge is -2.26. The molecular weight excluding hydrogens is 308 g/mol. The van der Waals surface area contributed by atoms with Crippen LogP contribution >= 0.6 is 0 Å². The van der Waals surface area contributed by atoms with Crippen LogP contribution in [-0.4, -0.2) is 68.6 Å². The first-order chi connectivity index (χ1) is 11.7. The topological polar surface area (TPSA) is 59.1 Å². The van der Waals surface area contributed by atoms with E-state index in [-0.39, 0.29) is 11.8 Å². The van der Waals surface area contributed by atoms with E-state index in [1.807, 2.05) is 35.2 Å². The molecule has 24 heavy (non-hydrogen) atoms. The predicted octanol–water partition coefficient (Wildman–Crippen LogP) is 1.47. The van der Waals surface area contributed by atoms with Crippen LogP contribution in [0.25, 0.3) is 0 Å². The Morgan fingerprint density at radius 2 is 1.71 bits per heavy atom. The van der Waals surface area contributed by atoms with Crippen LogP contribution in [-0.2, 0) is 19.1 Å². The quantitative estimate of drug-likeness (QED) is 0.790. The van der Waals surface area contributed by atoms with Crippen molar-refractivity contribution in [3.8, 4) is 0 Å². The molecule has 0 aromatic heterocycles. The smallest absolute Gasteiger partial charge is 0.256 e. The van der Waals surface area contributed by atoms with Crippen molar-refractivity contribution in [1.82, 2.24) is 9.80 Å². The zero-order valence-corrected chi connectivity index (χ0v) is 14.4. The Bertz CT molecular complexity index is 535. The summed E-state index contributed by atoms with van der Waals surface area (Å²) >= 11 is 0. The third-order valence-corrected chi connectivity index (χ3v) is 4.24. The van der Waals surface area contributed by atoms with E-state index in [9.17, 15) is 9.59 Å². The van der Waals surface area contributed by atoms with Crippen LogP contribution in [0.1, 0.15) is 24.5 Å². The minimum atomic E-state index is -0.595. The molecule has 0 radical (unpaired) electrons. The maximum Gasteiger partial charge on any atom is 0.256 e. The summed E-state index contributed by atoms with van der Waals surface area (Å²) in [5, 5.41) is 0. The fourth-order valence-electron chi connectivity index (χ4n) is 2.91. The molecule has 1 atom stereocenters. The van der Waals surface area contributed by atoms with Crippen LogP contribution in [0.15, 0.2) is 30.3 Å². The van der Waals surface area contributed by atoms with Crippen molar-refractivity contribution in [1.29, 1.82) is 0 Å². The second-order valence-electron chi connectivity index (χ2n) is 5.83. The van der Waals surface area contributed by atoms with Gasteiger partial charge in [0, 0.05) is 40.4 Å². The van der Waals surface area contributed by atoms with Gasteiger partial charge in [-0.25, -0.2) is 0 Å². The first-order valence-electron chi connectivity index (χ1n) is 8.30. The van der Waals surface area contributed by atoms with Gasteiger partial charge in [0.15, 0.2) is 6.10 Å². The van der Waals surface area contributed by atoms with E-state index in [0.29, 0.717) is 39.2 Å². The summed E-state index contributed by atoms with van der Waals surface area (Å²) in [5.74, 6) is 0.0346. The van der Waals surface area contributed by atoms with Crippen LogP contribution in [0.5, 0.6) is 0 Å². The van der Waals surface area contributed by atoms with Crippen LogP contribution in [0, 0.1) is 0 Å². The van der Waals surface area contributed by atoms with Gasteiger partial charge in [-0.1, -0.05) is 30.3 Å². The average Bonchev–Trinajstić information content (AvgIpc) is 2.87. The molecular formula is C18H26N2O4. The molecule has 0 aliphatic carbocycles. The summed E-state index contributed by atoms with van der Waals surface area (Å²) in [6.07, 6.45) is 0.562. The minimum Gasteiger partial charge on any atom is -0.384 e. The Kier molecular flexibility index (Phi) is 7.21. The number of benzene rings is 1. The molecule has 0 N–H and O–H groups in total. The molecule has 6 nitrogen and oxygen atoms in total. The van der Waals surface area contributed by atoms with Gasteiger partial charge in [0.25, 0.3) is 5.91 Å². The number of carbonyl (C=O) groups is 2. The van der Waals surface area contributed by atoms with Gasteiger partial charge in [0.05, 0.1) is 13.0 Å². The summed E-state index contributed by atoms with van der Waals surface area (Å²) in [4.78, 5) is 28.5. The van der Waals surface area contributed by atoms with Gasteiger partial charge >= 0.3 is 0 Å². The zero-order chi connectivity index (χ0) is 17.4. The van der Waals surface area contributed by atoms with Crippen LogP contribution in [0.2, 0.25) is 0 Å². The third-order valence-electron chi connectivity index (χ3n) is 4.24. The second kappa shape index (κ2) is 9.39. The number of rotatable bonds is 6. The molecule has 0 spiro atoms. The first-order valence-corrected chi connectivity index (χ1v) is 8.30. The average molecular weight is 334 g/mol. The van der Waals surface area contributed by atoms with Gasteiger partial charge < -0.3 is 19.3 Å². The number of carbonyl (C=O) groups excluding carboxylic acids is 2. The van der Waals surface area contributed by atoms with E-state index in [2.05, 4.69) is 0 Å². The zero-order valence-electron chi connectivity index (χ0n) is 14.4. The SMILES string of the molecule is COCCC(=O)N1CCCN(C(=O)[C@H](OC)c2ccccc2)CC1. The molecule has 2 rings (SSSR count). The number of hydrogen-bond acceptors (Lipinski definition) is 4. The van der Waals surface area contributed by atoms with Gasteiger partial charge in [-0.05, 0) is 12.0 Å². The summed E-state index contributed by atoms with van der Waals surface area (Å²) < 4.78 is 10.4. The second-order valence-corrected chi connectivity index (χ2v) is 5.83. The van der Waals surface area contributed by atoms with Crippen molar-refractivity contribution in [2.45, 2.75) is 18.9 Å². The Morgan fingerprint density at radius 1 is 1.04 bits per heavy atom. The molecule has 2 amide bonds. The summed E-state index contributed by atoms with van der Waals surface area (Å²) in [5.41, 5.74) is 0.849. The van der Waals surface area contributed by atoms with Crippen molar-refractivity contribution in [2.24, 2.45) is 0 Å². The highest BCUT2D eigenvalue weighted by molar-refractivity contribution is 5.82. The lowest BCUT2D eigenvalue weighted by Crippen LogP contribution is -2.40. The number of ether oxygens (including phenoxy) is 2. The van der Waals surface area contributed by atoms with Gasteiger partial charge in [0.2, 0.25) is 5.91 Å². The Hall–Kier alpha value is -1.92. The number of amides is 2. The van der Waals surface area contributed by atoms with E-state index in [1.54, 1.807) is 19.1 Å². The van der Waals surface area contributed by atoms with E-state index in [1.165, 1.54) is 0 Å². The molecule has 0 bridgehead atoms. The van der Waals surface area contributed by atoms with Crippen LogP contribution < -0.4 is 0 Å². The highest BCUT2D eigenvalue weighted by Gasteiger charge is 2.28. The summed E-state index contributed by atoms with van der Waals surface area (Å²) in [7, 11) is 3.14. The van der Waals surface area contributed by atoms with Crippen molar-refractivity contribution in [2.75, 3.05) is 47.0 Å². The third kappa shape index (κ3) is 4.79. The molecule has 1 aliphatic rings. The Labute approximate surface area is 143 Å². The van der Waals surface area contributed by atoms with E-state index < -0.39 is 6.10 Å². The lowest BCUT2D eigenvalue weighted by molar-refractivity contribution is -0.142. The molecule has 0 unspecified atom stereocenters. The largest absolute Gasteiger partial charge is 0.384 e. The van der Waals surface area contributed by atoms with Crippen molar-refractivity contribution in [3.63, 3.8) is 0 Å².